The van der Waals surface area contributed by atoms with Gasteiger partial charge in [0.25, 0.3) is 0 Å². The van der Waals surface area contributed by atoms with Crippen LogP contribution in [0.3, 0.4) is 0 Å². The minimum atomic E-state index is -3.52. The number of thioether (sulfide) groups is 1. The zero-order chi connectivity index (χ0) is 22.9. The Morgan fingerprint density at radius 1 is 1.12 bits per heavy atom. The second-order valence-electron chi connectivity index (χ2n) is 7.57. The summed E-state index contributed by atoms with van der Waals surface area (Å²) in [5, 5.41) is 12.9. The molecule has 0 aliphatic heterocycles. The third-order valence-electron chi connectivity index (χ3n) is 5.14. The van der Waals surface area contributed by atoms with Crippen LogP contribution in [0.4, 0.5) is 0 Å². The molecule has 4 rings (SSSR count). The van der Waals surface area contributed by atoms with Crippen LogP contribution < -0.4 is 0 Å². The van der Waals surface area contributed by atoms with Crippen LogP contribution in [0.25, 0.3) is 16.7 Å². The summed E-state index contributed by atoms with van der Waals surface area (Å²) < 4.78 is 30.1. The maximum atomic E-state index is 12.5. The van der Waals surface area contributed by atoms with Crippen LogP contribution in [0.2, 0.25) is 0 Å². The average molecular weight is 472 g/mol. The molecule has 0 aliphatic carbocycles. The van der Waals surface area contributed by atoms with Crippen LogP contribution in [-0.2, 0) is 22.3 Å². The molecule has 11 heteroatoms. The highest BCUT2D eigenvalue weighted by atomic mass is 32.2. The molecule has 0 fully saturated rings. The normalized spacial score (nSPS) is 12.2. The molecular formula is C21H25N7O2S2. The molecule has 0 amide bonds. The minimum absolute atomic E-state index is 0.235. The molecule has 0 N–H and O–H groups in total. The molecule has 32 heavy (non-hydrogen) atoms. The van der Waals surface area contributed by atoms with Crippen molar-refractivity contribution in [1.29, 1.82) is 0 Å². The van der Waals surface area contributed by atoms with E-state index in [1.165, 1.54) is 30.2 Å². The third-order valence-corrected chi connectivity index (χ3v) is 7.87. The number of fused-ring (bicyclic) bond motifs is 1. The fourth-order valence-corrected chi connectivity index (χ4v) is 5.22. The van der Waals surface area contributed by atoms with Crippen molar-refractivity contribution < 1.29 is 8.42 Å². The Balaban J connectivity index is 1.67. The van der Waals surface area contributed by atoms with Gasteiger partial charge in [-0.15, -0.1) is 5.10 Å². The molecule has 9 nitrogen and oxygen atoms in total. The Kier molecular flexibility index (Phi) is 6.31. The van der Waals surface area contributed by atoms with E-state index < -0.39 is 10.0 Å². The van der Waals surface area contributed by atoms with E-state index in [0.29, 0.717) is 16.4 Å². The molecule has 2 aromatic heterocycles. The maximum absolute atomic E-state index is 12.5. The largest absolute Gasteiger partial charge is 0.327 e. The lowest BCUT2D eigenvalue weighted by Crippen LogP contribution is -2.22. The molecule has 2 heterocycles. The molecule has 0 atom stereocenters. The van der Waals surface area contributed by atoms with Gasteiger partial charge >= 0.3 is 0 Å². The fraction of sp³-hybridized carbons (Fsp3) is 0.333. The van der Waals surface area contributed by atoms with Gasteiger partial charge in [-0.1, -0.05) is 36.9 Å². The van der Waals surface area contributed by atoms with Gasteiger partial charge in [-0.3, -0.25) is 0 Å². The summed E-state index contributed by atoms with van der Waals surface area (Å²) in [5.41, 5.74) is 3.59. The lowest BCUT2D eigenvalue weighted by Gasteiger charge is -2.11. The summed E-state index contributed by atoms with van der Waals surface area (Å²) in [6.45, 7) is 4.91. The summed E-state index contributed by atoms with van der Waals surface area (Å²) in [6.07, 6.45) is 0.932. The van der Waals surface area contributed by atoms with Crippen LogP contribution in [-0.4, -0.2) is 56.6 Å². The number of hydrogen-bond acceptors (Lipinski definition) is 7. The van der Waals surface area contributed by atoms with Gasteiger partial charge in [0.05, 0.1) is 27.4 Å². The molecule has 2 aromatic carbocycles. The Labute approximate surface area is 191 Å². The van der Waals surface area contributed by atoms with Crippen molar-refractivity contribution in [2.75, 3.05) is 14.1 Å². The summed E-state index contributed by atoms with van der Waals surface area (Å²) in [7, 11) is -0.476. The molecule has 0 bridgehead atoms. The average Bonchev–Trinajstić information content (AvgIpc) is 3.37. The topological polar surface area (TPSA) is 98.8 Å². The first kappa shape index (κ1) is 22.4. The van der Waals surface area contributed by atoms with Gasteiger partial charge in [0, 0.05) is 20.6 Å². The van der Waals surface area contributed by atoms with Gasteiger partial charge in [0.2, 0.25) is 15.2 Å². The molecule has 0 radical (unpaired) electrons. The Morgan fingerprint density at radius 2 is 1.91 bits per heavy atom. The van der Waals surface area contributed by atoms with Crippen molar-refractivity contribution in [3.63, 3.8) is 0 Å². The lowest BCUT2D eigenvalue weighted by molar-refractivity contribution is 0.521. The number of sulfonamides is 1. The lowest BCUT2D eigenvalue weighted by atomic mass is 10.2. The molecule has 0 saturated heterocycles. The molecule has 0 aliphatic rings. The first-order valence-corrected chi connectivity index (χ1v) is 12.6. The van der Waals surface area contributed by atoms with Gasteiger partial charge in [-0.25, -0.2) is 17.7 Å². The SMILES string of the molecule is CCCn1c(CSc2nnnn2-c2ccccc2C)nc2cc(S(=O)(=O)N(C)C)ccc21. The predicted octanol–water partition coefficient (Wildman–Crippen LogP) is 3.27. The number of para-hydroxylation sites is 1. The Hall–Kier alpha value is -2.76. The number of aromatic nitrogens is 6. The van der Waals surface area contributed by atoms with Crippen LogP contribution in [0.5, 0.6) is 0 Å². The van der Waals surface area contributed by atoms with Gasteiger partial charge in [0.15, 0.2) is 0 Å². The van der Waals surface area contributed by atoms with Gasteiger partial charge in [0.1, 0.15) is 5.82 Å². The summed E-state index contributed by atoms with van der Waals surface area (Å²) in [4.78, 5) is 5.00. The number of benzene rings is 2. The molecule has 0 saturated carbocycles. The number of imidazole rings is 1. The highest BCUT2D eigenvalue weighted by Gasteiger charge is 2.20. The van der Waals surface area contributed by atoms with Crippen LogP contribution in [0, 0.1) is 6.92 Å². The highest BCUT2D eigenvalue weighted by Crippen LogP contribution is 2.27. The van der Waals surface area contributed by atoms with E-state index in [1.807, 2.05) is 37.3 Å². The molecular weight excluding hydrogens is 446 g/mol. The van der Waals surface area contributed by atoms with E-state index in [1.54, 1.807) is 16.8 Å². The van der Waals surface area contributed by atoms with E-state index in [0.717, 1.165) is 35.6 Å². The maximum Gasteiger partial charge on any atom is 0.242 e. The van der Waals surface area contributed by atoms with E-state index in [2.05, 4.69) is 27.0 Å². The first-order valence-electron chi connectivity index (χ1n) is 10.2. The Morgan fingerprint density at radius 3 is 2.62 bits per heavy atom. The molecule has 4 aromatic rings. The Bertz CT molecular complexity index is 1360. The van der Waals surface area contributed by atoms with Crippen molar-refractivity contribution in [3.8, 4) is 5.69 Å². The fourth-order valence-electron chi connectivity index (χ4n) is 3.46. The van der Waals surface area contributed by atoms with Crippen molar-refractivity contribution in [2.24, 2.45) is 0 Å². The van der Waals surface area contributed by atoms with E-state index in [9.17, 15) is 8.42 Å². The predicted molar refractivity (Wildman–Crippen MR) is 124 cm³/mol. The number of nitrogens with zero attached hydrogens (tertiary/aromatic N) is 7. The van der Waals surface area contributed by atoms with Crippen LogP contribution >= 0.6 is 11.8 Å². The van der Waals surface area contributed by atoms with Crippen molar-refractivity contribution in [3.05, 3.63) is 53.9 Å². The second-order valence-corrected chi connectivity index (χ2v) is 10.7. The summed E-state index contributed by atoms with van der Waals surface area (Å²) in [5.74, 6) is 1.40. The highest BCUT2D eigenvalue weighted by molar-refractivity contribution is 7.98. The van der Waals surface area contributed by atoms with Crippen molar-refractivity contribution in [2.45, 2.75) is 42.6 Å². The quantitative estimate of drug-likeness (QED) is 0.364. The number of tetrazole rings is 1. The minimum Gasteiger partial charge on any atom is -0.327 e. The molecule has 168 valence electrons. The monoisotopic (exact) mass is 471 g/mol. The van der Waals surface area contributed by atoms with Crippen LogP contribution in [0.15, 0.2) is 52.5 Å². The van der Waals surface area contributed by atoms with Crippen molar-refractivity contribution >= 4 is 32.8 Å². The van der Waals surface area contributed by atoms with Crippen molar-refractivity contribution in [1.82, 2.24) is 34.1 Å². The van der Waals surface area contributed by atoms with E-state index in [4.69, 9.17) is 4.98 Å². The van der Waals surface area contributed by atoms with Gasteiger partial charge in [-0.05, 0) is 53.6 Å². The summed E-state index contributed by atoms with van der Waals surface area (Å²) in [6, 6.07) is 13.1. The standard InChI is InChI=1S/C21H25N7O2S2/c1-5-12-27-19-11-10-16(32(29,30)26(3)4)13-17(19)22-20(27)14-31-21-23-24-25-28(21)18-9-7-6-8-15(18)2/h6-11,13H,5,12,14H2,1-4H3. The third kappa shape index (κ3) is 4.15. The van der Waals surface area contributed by atoms with Gasteiger partial charge in [-0.2, -0.15) is 4.68 Å². The first-order chi connectivity index (χ1) is 15.3. The van der Waals surface area contributed by atoms with Gasteiger partial charge < -0.3 is 4.57 Å². The number of aryl methyl sites for hydroxylation is 2. The zero-order valence-electron chi connectivity index (χ0n) is 18.4. The van der Waals surface area contributed by atoms with Crippen LogP contribution in [0.1, 0.15) is 24.7 Å². The zero-order valence-corrected chi connectivity index (χ0v) is 20.1. The van der Waals surface area contributed by atoms with E-state index in [-0.39, 0.29) is 4.90 Å². The van der Waals surface area contributed by atoms with E-state index >= 15 is 0 Å². The number of rotatable bonds is 8. The smallest absolute Gasteiger partial charge is 0.242 e. The second kappa shape index (κ2) is 9.00. The molecule has 0 spiro atoms. The molecule has 0 unspecified atom stereocenters. The summed E-state index contributed by atoms with van der Waals surface area (Å²) >= 11 is 1.50. The number of hydrogen-bond donors (Lipinski definition) is 0.